The lowest BCUT2D eigenvalue weighted by molar-refractivity contribution is -0.153. The molecule has 6 heteroatoms. The van der Waals surface area contributed by atoms with E-state index in [-0.39, 0.29) is 0 Å². The third kappa shape index (κ3) is 4.85. The lowest BCUT2D eigenvalue weighted by Crippen LogP contribution is -2.29. The van der Waals surface area contributed by atoms with Crippen LogP contribution in [0.2, 0.25) is 0 Å². The van der Waals surface area contributed by atoms with E-state index in [4.69, 9.17) is 14.7 Å². The van der Waals surface area contributed by atoms with E-state index in [0.717, 1.165) is 0 Å². The zero-order valence-corrected chi connectivity index (χ0v) is 13.1. The predicted octanol–water partition coefficient (Wildman–Crippen LogP) is 2.51. The van der Waals surface area contributed by atoms with Gasteiger partial charge in [-0.25, -0.2) is 4.79 Å². The highest BCUT2D eigenvalue weighted by Crippen LogP contribution is 2.14. The number of esters is 1. The fraction of sp³-hybridized carbons (Fsp3) is 0.167. The average molecular weight is 324 g/mol. The number of benzene rings is 2. The van der Waals surface area contributed by atoms with E-state index >= 15 is 0 Å². The zero-order chi connectivity index (χ0) is 17.4. The normalized spacial score (nSPS) is 11.0. The van der Waals surface area contributed by atoms with Gasteiger partial charge in [-0.3, -0.25) is 4.79 Å². The Labute approximate surface area is 139 Å². The van der Waals surface area contributed by atoms with Crippen molar-refractivity contribution in [3.8, 4) is 11.8 Å². The van der Waals surface area contributed by atoms with Gasteiger partial charge in [-0.1, -0.05) is 30.3 Å². The van der Waals surface area contributed by atoms with Crippen molar-refractivity contribution in [2.24, 2.45) is 0 Å². The van der Waals surface area contributed by atoms with Crippen LogP contribution >= 0.6 is 0 Å². The number of hydrogen-bond acceptors (Lipinski definition) is 5. The van der Waals surface area contributed by atoms with E-state index < -0.39 is 24.6 Å². The Bertz CT molecular complexity index is 753. The summed E-state index contributed by atoms with van der Waals surface area (Å²) in [4.78, 5) is 23.7. The number of anilines is 1. The molecule has 0 saturated heterocycles. The van der Waals surface area contributed by atoms with Gasteiger partial charge in [0.05, 0.1) is 11.3 Å². The molecule has 0 spiro atoms. The molecule has 1 atom stereocenters. The second-order valence-corrected chi connectivity index (χ2v) is 4.89. The van der Waals surface area contributed by atoms with Crippen molar-refractivity contribution in [1.82, 2.24) is 0 Å². The van der Waals surface area contributed by atoms with E-state index in [1.54, 1.807) is 48.5 Å². The van der Waals surface area contributed by atoms with Crippen LogP contribution in [0.1, 0.15) is 12.5 Å². The highest BCUT2D eigenvalue weighted by Gasteiger charge is 2.18. The molecule has 0 unspecified atom stereocenters. The Hall–Kier alpha value is -3.33. The van der Waals surface area contributed by atoms with Crippen LogP contribution in [0.15, 0.2) is 54.6 Å². The topological polar surface area (TPSA) is 88.4 Å². The van der Waals surface area contributed by atoms with Crippen molar-refractivity contribution in [2.75, 3.05) is 11.9 Å². The number of rotatable bonds is 6. The summed E-state index contributed by atoms with van der Waals surface area (Å²) in [7, 11) is 0. The molecule has 2 rings (SSSR count). The molecule has 0 aliphatic carbocycles. The maximum absolute atomic E-state index is 11.8. The first kappa shape index (κ1) is 17.0. The molecular formula is C18H16N2O4. The lowest BCUT2D eigenvalue weighted by Gasteiger charge is -2.14. The van der Waals surface area contributed by atoms with Crippen molar-refractivity contribution < 1.29 is 19.1 Å². The van der Waals surface area contributed by atoms with Crippen LogP contribution in [0.5, 0.6) is 5.75 Å². The predicted molar refractivity (Wildman–Crippen MR) is 87.3 cm³/mol. The monoisotopic (exact) mass is 324 g/mol. The average Bonchev–Trinajstić information content (AvgIpc) is 2.61. The van der Waals surface area contributed by atoms with E-state index in [1.165, 1.54) is 6.92 Å². The molecule has 24 heavy (non-hydrogen) atoms. The van der Waals surface area contributed by atoms with E-state index in [2.05, 4.69) is 5.32 Å². The summed E-state index contributed by atoms with van der Waals surface area (Å²) in [6.07, 6.45) is -0.841. The van der Waals surface area contributed by atoms with Gasteiger partial charge in [0.25, 0.3) is 5.91 Å². The lowest BCUT2D eigenvalue weighted by atomic mass is 10.2. The molecule has 2 aromatic rings. The van der Waals surface area contributed by atoms with Crippen LogP contribution < -0.4 is 10.1 Å². The quantitative estimate of drug-likeness (QED) is 0.825. The Kier molecular flexibility index (Phi) is 5.92. The molecule has 0 fully saturated rings. The summed E-state index contributed by atoms with van der Waals surface area (Å²) >= 11 is 0. The zero-order valence-electron chi connectivity index (χ0n) is 13.1. The van der Waals surface area contributed by atoms with Crippen LogP contribution in [0.25, 0.3) is 0 Å². The van der Waals surface area contributed by atoms with Gasteiger partial charge >= 0.3 is 5.97 Å². The Morgan fingerprint density at radius 2 is 1.79 bits per heavy atom. The van der Waals surface area contributed by atoms with Crippen LogP contribution in [0, 0.1) is 11.3 Å². The number of nitrogens with zero attached hydrogens (tertiary/aromatic N) is 1. The minimum Gasteiger partial charge on any atom is -0.479 e. The van der Waals surface area contributed by atoms with Gasteiger partial charge in [0.1, 0.15) is 11.8 Å². The fourth-order valence-electron chi connectivity index (χ4n) is 1.88. The Morgan fingerprint density at radius 3 is 2.50 bits per heavy atom. The van der Waals surface area contributed by atoms with Gasteiger partial charge < -0.3 is 14.8 Å². The van der Waals surface area contributed by atoms with Crippen molar-refractivity contribution in [3.63, 3.8) is 0 Å². The number of carbonyl (C=O) groups is 2. The summed E-state index contributed by atoms with van der Waals surface area (Å²) in [6.45, 7) is 1.08. The van der Waals surface area contributed by atoms with Crippen molar-refractivity contribution in [1.29, 1.82) is 5.26 Å². The number of hydrogen-bond donors (Lipinski definition) is 1. The number of ether oxygens (including phenoxy) is 2. The molecule has 6 nitrogen and oxygen atoms in total. The van der Waals surface area contributed by atoms with Crippen LogP contribution in [-0.2, 0) is 14.3 Å². The van der Waals surface area contributed by atoms with Gasteiger partial charge in [-0.05, 0) is 31.2 Å². The first-order valence-corrected chi connectivity index (χ1v) is 7.27. The highest BCUT2D eigenvalue weighted by molar-refractivity contribution is 5.94. The van der Waals surface area contributed by atoms with E-state index in [1.807, 2.05) is 12.1 Å². The molecule has 0 aromatic heterocycles. The van der Waals surface area contributed by atoms with Crippen LogP contribution in [0.4, 0.5) is 5.69 Å². The maximum atomic E-state index is 11.8. The Balaban J connectivity index is 1.83. The fourth-order valence-corrected chi connectivity index (χ4v) is 1.88. The molecule has 122 valence electrons. The molecule has 0 heterocycles. The van der Waals surface area contributed by atoms with Gasteiger partial charge in [0, 0.05) is 0 Å². The third-order valence-electron chi connectivity index (χ3n) is 3.06. The minimum atomic E-state index is -0.841. The SMILES string of the molecule is C[C@H](Oc1ccccc1)C(=O)OCC(=O)Nc1ccccc1C#N. The largest absolute Gasteiger partial charge is 0.479 e. The minimum absolute atomic E-state index is 0.331. The molecule has 0 radical (unpaired) electrons. The molecule has 1 N–H and O–H groups in total. The third-order valence-corrected chi connectivity index (χ3v) is 3.06. The van der Waals surface area contributed by atoms with Crippen LogP contribution in [0.3, 0.4) is 0 Å². The second kappa shape index (κ2) is 8.34. The van der Waals surface area contributed by atoms with Crippen LogP contribution in [-0.4, -0.2) is 24.6 Å². The second-order valence-electron chi connectivity index (χ2n) is 4.89. The summed E-state index contributed by atoms with van der Waals surface area (Å²) in [6, 6.07) is 17.4. The maximum Gasteiger partial charge on any atom is 0.347 e. The van der Waals surface area contributed by atoms with Crippen molar-refractivity contribution in [3.05, 3.63) is 60.2 Å². The molecule has 2 aromatic carbocycles. The molecular weight excluding hydrogens is 308 g/mol. The smallest absolute Gasteiger partial charge is 0.347 e. The first-order valence-electron chi connectivity index (χ1n) is 7.27. The number of nitrogens with one attached hydrogen (secondary N) is 1. The summed E-state index contributed by atoms with van der Waals surface area (Å²) in [5, 5.41) is 11.5. The van der Waals surface area contributed by atoms with E-state index in [9.17, 15) is 9.59 Å². The number of carbonyl (C=O) groups excluding carboxylic acids is 2. The number of amides is 1. The van der Waals surface area contributed by atoms with Gasteiger partial charge in [0.2, 0.25) is 0 Å². The molecule has 0 aliphatic heterocycles. The number of para-hydroxylation sites is 2. The summed E-state index contributed by atoms with van der Waals surface area (Å²) < 4.78 is 10.3. The first-order chi connectivity index (χ1) is 11.6. The van der Waals surface area contributed by atoms with Gasteiger partial charge in [-0.2, -0.15) is 5.26 Å². The Morgan fingerprint density at radius 1 is 1.12 bits per heavy atom. The molecule has 0 bridgehead atoms. The van der Waals surface area contributed by atoms with Gasteiger partial charge in [0.15, 0.2) is 12.7 Å². The molecule has 0 aliphatic rings. The number of nitriles is 1. The van der Waals surface area contributed by atoms with E-state index in [0.29, 0.717) is 17.0 Å². The van der Waals surface area contributed by atoms with Crippen molar-refractivity contribution in [2.45, 2.75) is 13.0 Å². The molecule has 1 amide bonds. The summed E-state index contributed by atoms with van der Waals surface area (Å²) in [5.41, 5.74) is 0.701. The van der Waals surface area contributed by atoms with Crippen molar-refractivity contribution >= 4 is 17.6 Å². The van der Waals surface area contributed by atoms with Gasteiger partial charge in [-0.15, -0.1) is 0 Å². The highest BCUT2D eigenvalue weighted by atomic mass is 16.6. The molecule has 0 saturated carbocycles. The standard InChI is InChI=1S/C18H16N2O4/c1-13(24-15-8-3-2-4-9-15)18(22)23-12-17(21)20-16-10-6-5-7-14(16)11-19/h2-10,13H,12H2,1H3,(H,20,21)/t13-/m0/s1. The summed E-state index contributed by atoms with van der Waals surface area (Å²) in [5.74, 6) is -0.644.